The smallest absolute Gasteiger partial charge is 0.408 e. The highest BCUT2D eigenvalue weighted by atomic mass is 35.5. The molecule has 2 N–H and O–H groups in total. The number of nitrogens with one attached hydrogen (secondary N) is 2. The molecule has 1 aliphatic heterocycles. The first-order valence-electron chi connectivity index (χ1n) is 8.81. The monoisotopic (exact) mass is 418 g/mol. The summed E-state index contributed by atoms with van der Waals surface area (Å²) in [6, 6.07) is 5.32. The number of aromatic nitrogens is 1. The lowest BCUT2D eigenvalue weighted by molar-refractivity contribution is -0.116. The number of benzene rings is 1. The number of anilines is 1. The van der Waals surface area contributed by atoms with Gasteiger partial charge in [-0.25, -0.2) is 4.79 Å². The lowest BCUT2D eigenvalue weighted by Crippen LogP contribution is -2.23. The lowest BCUT2D eigenvalue weighted by Gasteiger charge is -2.10. The van der Waals surface area contributed by atoms with Gasteiger partial charge < -0.3 is 20.0 Å². The Morgan fingerprint density at radius 1 is 1.37 bits per heavy atom. The van der Waals surface area contributed by atoms with Crippen LogP contribution in [0.15, 0.2) is 27.4 Å². The third kappa shape index (κ3) is 6.24. The van der Waals surface area contributed by atoms with Crippen molar-refractivity contribution in [1.29, 1.82) is 0 Å². The zero-order valence-corrected chi connectivity index (χ0v) is 17.3. The van der Waals surface area contributed by atoms with Gasteiger partial charge in [0.15, 0.2) is 5.58 Å². The quantitative estimate of drug-likeness (QED) is 0.720. The van der Waals surface area contributed by atoms with Crippen molar-refractivity contribution in [3.8, 4) is 0 Å². The van der Waals surface area contributed by atoms with Gasteiger partial charge in [0.05, 0.1) is 5.52 Å². The van der Waals surface area contributed by atoms with E-state index in [0.29, 0.717) is 35.7 Å². The van der Waals surface area contributed by atoms with Gasteiger partial charge in [-0.05, 0) is 64.1 Å². The van der Waals surface area contributed by atoms with Crippen LogP contribution in [0.2, 0.25) is 0 Å². The summed E-state index contributed by atoms with van der Waals surface area (Å²) in [5.74, 6) is 0.240. The molecule has 1 aromatic heterocycles. The molecule has 1 atom stereocenters. The molecule has 1 aromatic carbocycles. The molecule has 1 fully saturated rings. The van der Waals surface area contributed by atoms with E-state index in [4.69, 9.17) is 4.42 Å². The molecule has 2 heterocycles. The Kier molecular flexibility index (Phi) is 9.32. The molecule has 7 nitrogen and oxygen atoms in total. The van der Waals surface area contributed by atoms with Crippen molar-refractivity contribution in [2.24, 2.45) is 5.92 Å². The predicted octanol–water partition coefficient (Wildman–Crippen LogP) is 2.33. The predicted molar refractivity (Wildman–Crippen MR) is 112 cm³/mol. The van der Waals surface area contributed by atoms with Gasteiger partial charge in [0, 0.05) is 25.2 Å². The molecule has 3 rings (SSSR count). The summed E-state index contributed by atoms with van der Waals surface area (Å²) < 4.78 is 6.88. The van der Waals surface area contributed by atoms with E-state index in [-0.39, 0.29) is 36.5 Å². The maximum Gasteiger partial charge on any atom is 0.419 e. The number of hydrogen-bond donors (Lipinski definition) is 2. The van der Waals surface area contributed by atoms with E-state index >= 15 is 0 Å². The normalized spacial score (nSPS) is 16.2. The van der Waals surface area contributed by atoms with Crippen LogP contribution in [-0.4, -0.2) is 49.1 Å². The van der Waals surface area contributed by atoms with E-state index < -0.39 is 0 Å². The number of rotatable bonds is 7. The van der Waals surface area contributed by atoms with Crippen LogP contribution in [0, 0.1) is 5.92 Å². The number of oxazole rings is 1. The van der Waals surface area contributed by atoms with E-state index in [0.717, 1.165) is 32.5 Å². The number of hydrogen-bond acceptors (Lipinski definition) is 5. The minimum atomic E-state index is -0.367. The van der Waals surface area contributed by atoms with Crippen LogP contribution in [0.1, 0.15) is 19.3 Å². The summed E-state index contributed by atoms with van der Waals surface area (Å²) in [5, 5.41) is 6.25. The second-order valence-corrected chi connectivity index (χ2v) is 6.95. The number of halogens is 2. The fourth-order valence-corrected chi connectivity index (χ4v) is 3.17. The Morgan fingerprint density at radius 2 is 2.15 bits per heavy atom. The van der Waals surface area contributed by atoms with E-state index in [1.165, 1.54) is 0 Å². The number of nitrogens with zero attached hydrogens (tertiary/aromatic N) is 2. The van der Waals surface area contributed by atoms with Crippen LogP contribution in [0.4, 0.5) is 5.69 Å². The molecule has 9 heteroatoms. The average molecular weight is 419 g/mol. The largest absolute Gasteiger partial charge is 0.419 e. The maximum absolute atomic E-state index is 12.2. The Hall–Kier alpha value is -1.54. The number of likely N-dealkylation sites (N-methyl/N-ethyl adjacent to an activating group) is 1. The second-order valence-electron chi connectivity index (χ2n) is 6.95. The SMILES string of the molecule is CN(C)CCn1c(=O)oc2ccc(NC(=O)CCC3CCNC3)cc21.Cl.Cl. The minimum Gasteiger partial charge on any atom is -0.408 e. The molecule has 0 saturated carbocycles. The van der Waals surface area contributed by atoms with Gasteiger partial charge in [0.25, 0.3) is 0 Å². The number of carbonyl (C=O) groups excluding carboxylic acids is 1. The van der Waals surface area contributed by atoms with E-state index in [9.17, 15) is 9.59 Å². The zero-order valence-electron chi connectivity index (χ0n) is 15.7. The maximum atomic E-state index is 12.2. The van der Waals surface area contributed by atoms with Gasteiger partial charge in [-0.15, -0.1) is 24.8 Å². The molecule has 152 valence electrons. The van der Waals surface area contributed by atoms with Crippen molar-refractivity contribution >= 4 is 47.5 Å². The topological polar surface area (TPSA) is 79.5 Å². The van der Waals surface area contributed by atoms with Crippen molar-refractivity contribution in [2.45, 2.75) is 25.8 Å². The van der Waals surface area contributed by atoms with Crippen LogP contribution in [0.25, 0.3) is 11.1 Å². The Balaban J connectivity index is 0.00000182. The van der Waals surface area contributed by atoms with Crippen LogP contribution < -0.4 is 16.4 Å². The van der Waals surface area contributed by atoms with Crippen LogP contribution in [0.3, 0.4) is 0 Å². The number of fused-ring (bicyclic) bond motifs is 1. The lowest BCUT2D eigenvalue weighted by atomic mass is 10.0. The van der Waals surface area contributed by atoms with Crippen molar-refractivity contribution in [3.05, 3.63) is 28.7 Å². The molecule has 1 saturated heterocycles. The fourth-order valence-electron chi connectivity index (χ4n) is 3.17. The Morgan fingerprint density at radius 3 is 2.81 bits per heavy atom. The highest BCUT2D eigenvalue weighted by Crippen LogP contribution is 2.20. The molecule has 2 aromatic rings. The third-order valence-electron chi connectivity index (χ3n) is 4.66. The van der Waals surface area contributed by atoms with E-state index in [1.54, 1.807) is 16.7 Å². The first kappa shape index (κ1) is 23.5. The number of amides is 1. The van der Waals surface area contributed by atoms with Crippen LogP contribution in [0.5, 0.6) is 0 Å². The van der Waals surface area contributed by atoms with Crippen molar-refractivity contribution in [2.75, 3.05) is 39.0 Å². The average Bonchev–Trinajstić information content (AvgIpc) is 3.18. The van der Waals surface area contributed by atoms with Crippen molar-refractivity contribution < 1.29 is 9.21 Å². The summed E-state index contributed by atoms with van der Waals surface area (Å²) in [4.78, 5) is 26.2. The molecule has 0 bridgehead atoms. The zero-order chi connectivity index (χ0) is 17.8. The van der Waals surface area contributed by atoms with E-state index in [1.807, 2.05) is 25.1 Å². The summed E-state index contributed by atoms with van der Waals surface area (Å²) >= 11 is 0. The minimum absolute atomic E-state index is 0. The molecule has 1 aliphatic rings. The van der Waals surface area contributed by atoms with Gasteiger partial charge in [0.1, 0.15) is 0 Å². The molecule has 0 spiro atoms. The van der Waals surface area contributed by atoms with E-state index in [2.05, 4.69) is 10.6 Å². The van der Waals surface area contributed by atoms with Gasteiger partial charge in [-0.2, -0.15) is 0 Å². The van der Waals surface area contributed by atoms with Crippen LogP contribution in [-0.2, 0) is 11.3 Å². The van der Waals surface area contributed by atoms with Crippen molar-refractivity contribution in [1.82, 2.24) is 14.8 Å². The summed E-state index contributed by atoms with van der Waals surface area (Å²) in [6.45, 7) is 3.34. The Bertz CT molecular complexity index is 797. The highest BCUT2D eigenvalue weighted by Gasteiger charge is 2.16. The first-order valence-corrected chi connectivity index (χ1v) is 8.81. The summed E-state index contributed by atoms with van der Waals surface area (Å²) in [5.41, 5.74) is 1.95. The highest BCUT2D eigenvalue weighted by molar-refractivity contribution is 5.92. The first-order chi connectivity index (χ1) is 12.0. The molecular weight excluding hydrogens is 391 g/mol. The molecule has 0 aliphatic carbocycles. The standard InChI is InChI=1S/C18H26N4O3.2ClH/c1-21(2)9-10-22-15-11-14(4-5-16(15)25-18(22)24)20-17(23)6-3-13-7-8-19-12-13;;/h4-5,11,13,19H,3,6-10,12H2,1-2H3,(H,20,23);2*1H. The molecule has 27 heavy (non-hydrogen) atoms. The molecule has 1 unspecified atom stereocenters. The summed E-state index contributed by atoms with van der Waals surface area (Å²) in [7, 11) is 3.91. The summed E-state index contributed by atoms with van der Waals surface area (Å²) in [6.07, 6.45) is 2.57. The van der Waals surface area contributed by atoms with Crippen LogP contribution >= 0.6 is 24.8 Å². The second kappa shape index (κ2) is 10.7. The van der Waals surface area contributed by atoms with Gasteiger partial charge in [0.2, 0.25) is 5.91 Å². The molecule has 1 amide bonds. The Labute approximate surface area is 171 Å². The number of carbonyl (C=O) groups is 1. The fraction of sp³-hybridized carbons (Fsp3) is 0.556. The third-order valence-corrected chi connectivity index (χ3v) is 4.66. The van der Waals surface area contributed by atoms with Crippen molar-refractivity contribution in [3.63, 3.8) is 0 Å². The molecular formula is C18H28Cl2N4O3. The van der Waals surface area contributed by atoms with Gasteiger partial charge in [-0.1, -0.05) is 0 Å². The van der Waals surface area contributed by atoms with Gasteiger partial charge >= 0.3 is 5.76 Å². The van der Waals surface area contributed by atoms with Gasteiger partial charge in [-0.3, -0.25) is 9.36 Å². The molecule has 0 radical (unpaired) electrons.